The molecule has 0 aliphatic carbocycles. The number of nitrogens with zero attached hydrogens (tertiary/aromatic N) is 1. The fourth-order valence-corrected chi connectivity index (χ4v) is 1.80. The van der Waals surface area contributed by atoms with Gasteiger partial charge in [0.25, 0.3) is 0 Å². The molecule has 1 aromatic heterocycles. The van der Waals surface area contributed by atoms with Crippen LogP contribution in [0.15, 0.2) is 48.5 Å². The molecule has 0 spiro atoms. The molecule has 1 atom stereocenters. The van der Waals surface area contributed by atoms with Gasteiger partial charge in [0, 0.05) is 12.1 Å². The van der Waals surface area contributed by atoms with E-state index in [0.29, 0.717) is 5.69 Å². The summed E-state index contributed by atoms with van der Waals surface area (Å²) in [6.45, 7) is 1.70. The molecule has 0 saturated heterocycles. The molecule has 17 heavy (non-hydrogen) atoms. The van der Waals surface area contributed by atoms with Gasteiger partial charge in [-0.25, -0.2) is 4.98 Å². The summed E-state index contributed by atoms with van der Waals surface area (Å²) in [7, 11) is 0. The van der Waals surface area contributed by atoms with Crippen LogP contribution in [0.5, 0.6) is 0 Å². The Bertz CT molecular complexity index is 497. The van der Waals surface area contributed by atoms with Gasteiger partial charge < -0.3 is 5.11 Å². The second-order valence-electron chi connectivity index (χ2n) is 4.27. The largest absolute Gasteiger partial charge is 0.385 e. The van der Waals surface area contributed by atoms with E-state index >= 15 is 0 Å². The molecule has 1 heterocycles. The van der Waals surface area contributed by atoms with Crippen LogP contribution in [-0.2, 0) is 12.0 Å². The van der Waals surface area contributed by atoms with Gasteiger partial charge in [0.05, 0.1) is 5.60 Å². The average Bonchev–Trinajstić information content (AvgIpc) is 2.29. The zero-order valence-corrected chi connectivity index (χ0v) is 9.60. The van der Waals surface area contributed by atoms with Crippen molar-refractivity contribution in [3.05, 3.63) is 65.7 Å². The molecular formula is C14H14FNO. The highest BCUT2D eigenvalue weighted by molar-refractivity contribution is 5.23. The van der Waals surface area contributed by atoms with Crippen molar-refractivity contribution in [2.24, 2.45) is 0 Å². The van der Waals surface area contributed by atoms with Crippen LogP contribution < -0.4 is 0 Å². The predicted molar refractivity (Wildman–Crippen MR) is 63.9 cm³/mol. The number of aromatic nitrogens is 1. The Morgan fingerprint density at radius 2 is 1.82 bits per heavy atom. The first-order valence-electron chi connectivity index (χ1n) is 5.47. The number of benzene rings is 1. The molecule has 3 heteroatoms. The lowest BCUT2D eigenvalue weighted by Gasteiger charge is -2.23. The van der Waals surface area contributed by atoms with Crippen molar-refractivity contribution in [1.82, 2.24) is 4.98 Å². The minimum Gasteiger partial charge on any atom is -0.385 e. The minimum absolute atomic E-state index is 0.286. The van der Waals surface area contributed by atoms with E-state index < -0.39 is 11.5 Å². The molecule has 0 fully saturated rings. The summed E-state index contributed by atoms with van der Waals surface area (Å²) < 4.78 is 13.0. The number of hydrogen-bond acceptors (Lipinski definition) is 2. The third-order valence-electron chi connectivity index (χ3n) is 2.69. The first-order chi connectivity index (χ1) is 8.08. The molecule has 88 valence electrons. The van der Waals surface area contributed by atoms with Gasteiger partial charge in [-0.15, -0.1) is 0 Å². The van der Waals surface area contributed by atoms with Crippen molar-refractivity contribution in [2.75, 3.05) is 0 Å². The van der Waals surface area contributed by atoms with Gasteiger partial charge >= 0.3 is 0 Å². The van der Waals surface area contributed by atoms with Crippen LogP contribution in [0.2, 0.25) is 0 Å². The van der Waals surface area contributed by atoms with Crippen molar-refractivity contribution < 1.29 is 9.50 Å². The third-order valence-corrected chi connectivity index (χ3v) is 2.69. The lowest BCUT2D eigenvalue weighted by molar-refractivity contribution is 0.0564. The van der Waals surface area contributed by atoms with E-state index in [-0.39, 0.29) is 6.42 Å². The van der Waals surface area contributed by atoms with Crippen LogP contribution in [0.1, 0.15) is 18.2 Å². The van der Waals surface area contributed by atoms with E-state index in [2.05, 4.69) is 4.98 Å². The Kier molecular flexibility index (Phi) is 3.20. The normalized spacial score (nSPS) is 14.3. The fraction of sp³-hybridized carbons (Fsp3) is 0.214. The highest BCUT2D eigenvalue weighted by atomic mass is 19.1. The van der Waals surface area contributed by atoms with Crippen molar-refractivity contribution in [1.29, 1.82) is 0 Å². The van der Waals surface area contributed by atoms with Gasteiger partial charge in [-0.05, 0) is 24.6 Å². The van der Waals surface area contributed by atoms with Crippen molar-refractivity contribution in [3.63, 3.8) is 0 Å². The van der Waals surface area contributed by atoms with Gasteiger partial charge in [0.2, 0.25) is 5.95 Å². The van der Waals surface area contributed by atoms with E-state index in [4.69, 9.17) is 0 Å². The maximum atomic E-state index is 13.0. The Morgan fingerprint density at radius 1 is 1.12 bits per heavy atom. The molecule has 0 bridgehead atoms. The first-order valence-corrected chi connectivity index (χ1v) is 5.47. The lowest BCUT2D eigenvalue weighted by Crippen LogP contribution is -2.24. The first kappa shape index (κ1) is 11.7. The van der Waals surface area contributed by atoms with Crippen LogP contribution >= 0.6 is 0 Å². The molecular weight excluding hydrogens is 217 g/mol. The molecule has 2 aromatic rings. The summed E-state index contributed by atoms with van der Waals surface area (Å²) in [5.74, 6) is -0.522. The molecule has 1 aromatic carbocycles. The Hall–Kier alpha value is -1.74. The number of halogens is 1. The maximum absolute atomic E-state index is 13.0. The smallest absolute Gasteiger partial charge is 0.213 e. The second-order valence-corrected chi connectivity index (χ2v) is 4.27. The van der Waals surface area contributed by atoms with Crippen LogP contribution in [0.4, 0.5) is 4.39 Å². The van der Waals surface area contributed by atoms with Crippen molar-refractivity contribution in [3.8, 4) is 0 Å². The summed E-state index contributed by atoms with van der Waals surface area (Å²) in [6, 6.07) is 13.9. The summed E-state index contributed by atoms with van der Waals surface area (Å²) >= 11 is 0. The average molecular weight is 231 g/mol. The topological polar surface area (TPSA) is 33.1 Å². The predicted octanol–water partition coefficient (Wildman–Crippen LogP) is 2.67. The van der Waals surface area contributed by atoms with Gasteiger partial charge in [0.1, 0.15) is 0 Å². The Balaban J connectivity index is 2.23. The van der Waals surface area contributed by atoms with E-state index in [1.165, 1.54) is 6.07 Å². The Labute approximate surface area is 99.8 Å². The highest BCUT2D eigenvalue weighted by Crippen LogP contribution is 2.24. The zero-order chi connectivity index (χ0) is 12.3. The second kappa shape index (κ2) is 4.63. The lowest BCUT2D eigenvalue weighted by atomic mass is 9.91. The van der Waals surface area contributed by atoms with E-state index in [1.54, 1.807) is 19.1 Å². The van der Waals surface area contributed by atoms with E-state index in [1.807, 2.05) is 30.3 Å². The van der Waals surface area contributed by atoms with Crippen LogP contribution in [0.3, 0.4) is 0 Å². The Morgan fingerprint density at radius 3 is 2.47 bits per heavy atom. The van der Waals surface area contributed by atoms with E-state index in [9.17, 15) is 9.50 Å². The van der Waals surface area contributed by atoms with Crippen LogP contribution in [0, 0.1) is 5.95 Å². The molecule has 0 aliphatic rings. The molecule has 1 unspecified atom stereocenters. The van der Waals surface area contributed by atoms with Crippen molar-refractivity contribution >= 4 is 0 Å². The number of hydrogen-bond donors (Lipinski definition) is 1. The molecule has 0 saturated carbocycles. The molecule has 1 N–H and O–H groups in total. The summed E-state index contributed by atoms with van der Waals surface area (Å²) in [6.07, 6.45) is 0.286. The molecule has 2 nitrogen and oxygen atoms in total. The third kappa shape index (κ3) is 2.88. The summed E-state index contributed by atoms with van der Waals surface area (Å²) in [5.41, 5.74) is 0.298. The molecule has 0 radical (unpaired) electrons. The van der Waals surface area contributed by atoms with Crippen LogP contribution in [0.25, 0.3) is 0 Å². The monoisotopic (exact) mass is 231 g/mol. The standard InChI is InChI=1S/C14H14FNO/c1-14(17,11-6-3-2-4-7-11)10-12-8-5-9-13(15)16-12/h2-9,17H,10H2,1H3. The quantitative estimate of drug-likeness (QED) is 0.824. The molecule has 0 amide bonds. The zero-order valence-electron chi connectivity index (χ0n) is 9.60. The van der Waals surface area contributed by atoms with Crippen LogP contribution in [-0.4, -0.2) is 10.1 Å². The number of rotatable bonds is 3. The highest BCUT2D eigenvalue weighted by Gasteiger charge is 2.23. The minimum atomic E-state index is -1.04. The van der Waals surface area contributed by atoms with Gasteiger partial charge in [-0.3, -0.25) is 0 Å². The van der Waals surface area contributed by atoms with E-state index in [0.717, 1.165) is 5.56 Å². The SMILES string of the molecule is CC(O)(Cc1cccc(F)n1)c1ccccc1. The number of pyridine rings is 1. The molecule has 2 rings (SSSR count). The maximum Gasteiger partial charge on any atom is 0.213 e. The van der Waals surface area contributed by atoms with Gasteiger partial charge in [-0.2, -0.15) is 4.39 Å². The number of aliphatic hydroxyl groups is 1. The summed E-state index contributed by atoms with van der Waals surface area (Å²) in [5, 5.41) is 10.4. The van der Waals surface area contributed by atoms with Gasteiger partial charge in [0.15, 0.2) is 0 Å². The fourth-order valence-electron chi connectivity index (χ4n) is 1.80. The summed E-state index contributed by atoms with van der Waals surface area (Å²) in [4.78, 5) is 3.76. The van der Waals surface area contributed by atoms with Crippen molar-refractivity contribution in [2.45, 2.75) is 18.9 Å². The molecule has 0 aliphatic heterocycles. The van der Waals surface area contributed by atoms with Gasteiger partial charge in [-0.1, -0.05) is 36.4 Å².